The molecule has 1 heterocycles. The number of hydrogen-bond acceptors (Lipinski definition) is 5. The zero-order valence-electron chi connectivity index (χ0n) is 14.8. The maximum absolute atomic E-state index is 11.3. The molecule has 0 saturated heterocycles. The number of benzene rings is 2. The van der Waals surface area contributed by atoms with E-state index in [4.69, 9.17) is 0 Å². The van der Waals surface area contributed by atoms with Crippen molar-refractivity contribution < 1.29 is 14.4 Å². The van der Waals surface area contributed by atoms with Crippen LogP contribution in [0, 0.1) is 20.2 Å². The first kappa shape index (κ1) is 18.0. The van der Waals surface area contributed by atoms with Crippen molar-refractivity contribution in [2.24, 2.45) is 0 Å². The predicted molar refractivity (Wildman–Crippen MR) is 101 cm³/mol. The second-order valence-corrected chi connectivity index (χ2v) is 6.12. The van der Waals surface area contributed by atoms with Crippen molar-refractivity contribution in [3.05, 3.63) is 87.2 Å². The van der Waals surface area contributed by atoms with Gasteiger partial charge >= 0.3 is 5.69 Å². The largest absolute Gasteiger partial charge is 0.378 e. The summed E-state index contributed by atoms with van der Waals surface area (Å²) in [6.45, 7) is 0. The van der Waals surface area contributed by atoms with Crippen LogP contribution in [0.25, 0.3) is 16.8 Å². The lowest BCUT2D eigenvalue weighted by atomic mass is 10.1. The van der Waals surface area contributed by atoms with Crippen LogP contribution in [0.4, 0.5) is 17.1 Å². The third kappa shape index (κ3) is 3.74. The Bertz CT molecular complexity index is 999. The van der Waals surface area contributed by atoms with Gasteiger partial charge in [-0.1, -0.05) is 12.1 Å². The fourth-order valence-corrected chi connectivity index (χ4v) is 2.72. The zero-order valence-corrected chi connectivity index (χ0v) is 14.8. The molecule has 0 amide bonds. The minimum Gasteiger partial charge on any atom is -0.378 e. The summed E-state index contributed by atoms with van der Waals surface area (Å²) < 4.78 is 1.57. The van der Waals surface area contributed by atoms with E-state index in [2.05, 4.69) is 0 Å². The van der Waals surface area contributed by atoms with Crippen LogP contribution < -0.4 is 9.47 Å². The number of non-ortho nitro benzene ring substituents is 1. The van der Waals surface area contributed by atoms with Crippen LogP contribution >= 0.6 is 0 Å². The van der Waals surface area contributed by atoms with E-state index in [1.807, 2.05) is 55.4 Å². The van der Waals surface area contributed by atoms with Crippen LogP contribution in [0.2, 0.25) is 0 Å². The highest BCUT2D eigenvalue weighted by atomic mass is 16.6. The Kier molecular flexibility index (Phi) is 4.80. The Hall–Kier alpha value is -3.81. The highest BCUT2D eigenvalue weighted by molar-refractivity contribution is 5.65. The molecular formula is C19H17N4O4+. The summed E-state index contributed by atoms with van der Waals surface area (Å²) in [6, 6.07) is 15.3. The fourth-order valence-electron chi connectivity index (χ4n) is 2.72. The maximum Gasteiger partial charge on any atom is 0.347 e. The second-order valence-electron chi connectivity index (χ2n) is 6.12. The quantitative estimate of drug-likeness (QED) is 0.392. The van der Waals surface area contributed by atoms with Crippen molar-refractivity contribution in [3.63, 3.8) is 0 Å². The van der Waals surface area contributed by atoms with Crippen LogP contribution in [-0.2, 0) is 0 Å². The van der Waals surface area contributed by atoms with Crippen molar-refractivity contribution in [2.45, 2.75) is 0 Å². The van der Waals surface area contributed by atoms with Gasteiger partial charge in [0.2, 0.25) is 0 Å². The SMILES string of the molecule is CN(C)c1ccc(-c2cc[n+](-c3ccc([N+](=O)[O-])cc3[N+](=O)[O-])cc2)cc1. The van der Waals surface area contributed by atoms with Gasteiger partial charge in [-0.05, 0) is 23.3 Å². The lowest BCUT2D eigenvalue weighted by Gasteiger charge is -2.12. The summed E-state index contributed by atoms with van der Waals surface area (Å²) in [5.74, 6) is 0. The van der Waals surface area contributed by atoms with Gasteiger partial charge in [0.1, 0.15) is 6.07 Å². The molecule has 1 aromatic heterocycles. The van der Waals surface area contributed by atoms with E-state index in [1.54, 1.807) is 17.0 Å². The van der Waals surface area contributed by atoms with Crippen molar-refractivity contribution in [2.75, 3.05) is 19.0 Å². The van der Waals surface area contributed by atoms with E-state index in [0.29, 0.717) is 0 Å². The number of nitro groups is 2. The molecule has 0 unspecified atom stereocenters. The average molecular weight is 365 g/mol. The third-order valence-electron chi connectivity index (χ3n) is 4.19. The van der Waals surface area contributed by atoms with E-state index in [9.17, 15) is 20.2 Å². The molecule has 3 rings (SSSR count). The summed E-state index contributed by atoms with van der Waals surface area (Å²) in [4.78, 5) is 22.9. The van der Waals surface area contributed by atoms with Gasteiger partial charge in [-0.2, -0.15) is 4.57 Å². The van der Waals surface area contributed by atoms with E-state index in [1.165, 1.54) is 12.1 Å². The van der Waals surface area contributed by atoms with Crippen LogP contribution in [0.15, 0.2) is 67.0 Å². The Balaban J connectivity index is 1.95. The molecule has 0 atom stereocenters. The van der Waals surface area contributed by atoms with Crippen LogP contribution in [-0.4, -0.2) is 23.9 Å². The van der Waals surface area contributed by atoms with E-state index in [0.717, 1.165) is 22.9 Å². The molecule has 0 bridgehead atoms. The van der Waals surface area contributed by atoms with Gasteiger partial charge in [-0.3, -0.25) is 20.2 Å². The number of nitro benzene ring substituents is 2. The maximum atomic E-state index is 11.3. The summed E-state index contributed by atoms with van der Waals surface area (Å²) >= 11 is 0. The first-order chi connectivity index (χ1) is 12.9. The molecule has 0 aliphatic heterocycles. The molecule has 8 nitrogen and oxygen atoms in total. The number of hydrogen-bond donors (Lipinski definition) is 0. The summed E-state index contributed by atoms with van der Waals surface area (Å²) in [5, 5.41) is 22.2. The Morgan fingerprint density at radius 1 is 0.815 bits per heavy atom. The third-order valence-corrected chi connectivity index (χ3v) is 4.19. The van der Waals surface area contributed by atoms with Gasteiger partial charge < -0.3 is 4.90 Å². The molecule has 0 spiro atoms. The standard InChI is InChI=1S/C19H17N4O4/c1-20(2)16-5-3-14(4-6-16)15-9-11-21(12-10-15)18-8-7-17(22(24)25)13-19(18)23(26)27/h3-13H,1-2H3/q+1. The number of rotatable bonds is 5. The van der Waals surface area contributed by atoms with Gasteiger partial charge in [0, 0.05) is 44.0 Å². The molecule has 2 aromatic carbocycles. The molecule has 0 saturated carbocycles. The minimum absolute atomic E-state index is 0.264. The molecule has 0 fully saturated rings. The summed E-state index contributed by atoms with van der Waals surface area (Å²) in [5.41, 5.74) is 2.69. The smallest absolute Gasteiger partial charge is 0.347 e. The number of anilines is 1. The molecule has 27 heavy (non-hydrogen) atoms. The van der Waals surface area contributed by atoms with Gasteiger partial charge in [0.15, 0.2) is 12.4 Å². The predicted octanol–water partition coefficient (Wildman–Crippen LogP) is 3.51. The number of aromatic nitrogens is 1. The normalized spacial score (nSPS) is 10.4. The van der Waals surface area contributed by atoms with Crippen LogP contribution in [0.5, 0.6) is 0 Å². The first-order valence-corrected chi connectivity index (χ1v) is 8.09. The molecule has 0 aliphatic carbocycles. The molecule has 136 valence electrons. The lowest BCUT2D eigenvalue weighted by Crippen LogP contribution is -2.30. The highest BCUT2D eigenvalue weighted by Crippen LogP contribution is 2.26. The molecule has 8 heteroatoms. The molecule has 0 N–H and O–H groups in total. The number of nitrogens with zero attached hydrogens (tertiary/aromatic N) is 4. The lowest BCUT2D eigenvalue weighted by molar-refractivity contribution is -0.600. The van der Waals surface area contributed by atoms with E-state index < -0.39 is 9.85 Å². The van der Waals surface area contributed by atoms with Gasteiger partial charge in [0.25, 0.3) is 11.4 Å². The fraction of sp³-hybridized carbons (Fsp3) is 0.105. The number of pyridine rings is 1. The zero-order chi connectivity index (χ0) is 19.6. The minimum atomic E-state index is -0.651. The van der Waals surface area contributed by atoms with Crippen molar-refractivity contribution in [1.82, 2.24) is 0 Å². The van der Waals surface area contributed by atoms with E-state index >= 15 is 0 Å². The van der Waals surface area contributed by atoms with Crippen LogP contribution in [0.3, 0.4) is 0 Å². The van der Waals surface area contributed by atoms with Gasteiger partial charge in [-0.15, -0.1) is 0 Å². The molecule has 0 radical (unpaired) electrons. The molecular weight excluding hydrogens is 348 g/mol. The average Bonchev–Trinajstić information content (AvgIpc) is 2.67. The van der Waals surface area contributed by atoms with Crippen molar-refractivity contribution >= 4 is 17.1 Å². The van der Waals surface area contributed by atoms with Crippen molar-refractivity contribution in [1.29, 1.82) is 0 Å². The Labute approximate surface area is 155 Å². The van der Waals surface area contributed by atoms with Gasteiger partial charge in [0.05, 0.1) is 9.85 Å². The first-order valence-electron chi connectivity index (χ1n) is 8.09. The second kappa shape index (κ2) is 7.20. The highest BCUT2D eigenvalue weighted by Gasteiger charge is 2.26. The molecule has 3 aromatic rings. The monoisotopic (exact) mass is 365 g/mol. The Morgan fingerprint density at radius 2 is 1.41 bits per heavy atom. The van der Waals surface area contributed by atoms with Crippen LogP contribution in [0.1, 0.15) is 0 Å². The van der Waals surface area contributed by atoms with E-state index in [-0.39, 0.29) is 17.1 Å². The van der Waals surface area contributed by atoms with Gasteiger partial charge in [-0.25, -0.2) is 0 Å². The van der Waals surface area contributed by atoms with Crippen molar-refractivity contribution in [3.8, 4) is 16.8 Å². The topological polar surface area (TPSA) is 93.4 Å². The summed E-state index contributed by atoms with van der Waals surface area (Å²) in [7, 11) is 3.94. The Morgan fingerprint density at radius 3 is 1.93 bits per heavy atom. The summed E-state index contributed by atoms with van der Waals surface area (Å²) in [6.07, 6.45) is 3.40. The molecule has 0 aliphatic rings.